The molecule has 0 aliphatic heterocycles. The summed E-state index contributed by atoms with van der Waals surface area (Å²) in [5, 5.41) is 20.4. The van der Waals surface area contributed by atoms with E-state index < -0.39 is 11.5 Å². The van der Waals surface area contributed by atoms with Crippen LogP contribution >= 0.6 is 0 Å². The first-order valence-corrected chi connectivity index (χ1v) is 10.4. The van der Waals surface area contributed by atoms with Gasteiger partial charge in [0.2, 0.25) is 0 Å². The predicted octanol–water partition coefficient (Wildman–Crippen LogP) is 3.18. The Bertz CT molecular complexity index is 1120. The summed E-state index contributed by atoms with van der Waals surface area (Å²) in [5.74, 6) is -1.09. The summed E-state index contributed by atoms with van der Waals surface area (Å²) in [6.45, 7) is 2.44. The average molecular weight is 438 g/mol. The summed E-state index contributed by atoms with van der Waals surface area (Å²) in [5.41, 5.74) is 1.52. The van der Waals surface area contributed by atoms with Crippen molar-refractivity contribution in [2.75, 3.05) is 6.61 Å². The number of hydrogen-bond acceptors (Lipinski definition) is 5. The molecule has 2 N–H and O–H groups in total. The number of aromatic carboxylic acids is 1. The molecule has 1 aliphatic rings. The lowest BCUT2D eigenvalue weighted by molar-refractivity contribution is 0.0696. The van der Waals surface area contributed by atoms with Crippen LogP contribution < -0.4 is 10.1 Å². The van der Waals surface area contributed by atoms with E-state index in [9.17, 15) is 14.0 Å². The van der Waals surface area contributed by atoms with Crippen molar-refractivity contribution < 1.29 is 23.8 Å². The molecular weight excluding hydrogens is 415 g/mol. The Hall–Kier alpha value is -3.75. The van der Waals surface area contributed by atoms with Crippen molar-refractivity contribution in [3.63, 3.8) is 0 Å². The van der Waals surface area contributed by atoms with Crippen LogP contribution in [0.4, 0.5) is 4.39 Å². The fourth-order valence-electron chi connectivity index (χ4n) is 3.59. The summed E-state index contributed by atoms with van der Waals surface area (Å²) in [6, 6.07) is 12.3. The highest BCUT2D eigenvalue weighted by atomic mass is 19.1. The second-order valence-electron chi connectivity index (χ2n) is 7.68. The van der Waals surface area contributed by atoms with Gasteiger partial charge in [-0.2, -0.15) is 0 Å². The number of carbonyl (C=O) groups excluding carboxylic acids is 1. The van der Waals surface area contributed by atoms with E-state index in [1.54, 1.807) is 24.3 Å². The van der Waals surface area contributed by atoms with E-state index in [1.807, 2.05) is 6.92 Å². The van der Waals surface area contributed by atoms with Crippen LogP contribution in [-0.4, -0.2) is 38.6 Å². The molecule has 0 saturated heterocycles. The Kier molecular flexibility index (Phi) is 5.89. The first-order chi connectivity index (χ1) is 15.4. The molecule has 9 heteroatoms. The lowest BCUT2D eigenvalue weighted by Crippen LogP contribution is -2.37. The van der Waals surface area contributed by atoms with Gasteiger partial charge in [0.1, 0.15) is 23.9 Å². The fraction of sp³-hybridized carbons (Fsp3) is 0.304. The molecule has 1 saturated carbocycles. The lowest BCUT2D eigenvalue weighted by atomic mass is 10.0. The number of carbonyl (C=O) groups is 2. The molecular formula is C23H23FN4O4. The van der Waals surface area contributed by atoms with Crippen LogP contribution in [0.25, 0.3) is 0 Å². The first-order valence-electron chi connectivity index (χ1n) is 10.4. The zero-order valence-electron chi connectivity index (χ0n) is 17.5. The predicted molar refractivity (Wildman–Crippen MR) is 113 cm³/mol. The van der Waals surface area contributed by atoms with Gasteiger partial charge in [0.15, 0.2) is 0 Å². The van der Waals surface area contributed by atoms with Gasteiger partial charge in [0.05, 0.1) is 23.3 Å². The second-order valence-corrected chi connectivity index (χ2v) is 7.68. The molecule has 0 spiro atoms. The van der Waals surface area contributed by atoms with Crippen LogP contribution in [0, 0.1) is 5.82 Å². The highest BCUT2D eigenvalue weighted by molar-refractivity contribution is 5.94. The molecule has 8 nitrogen and oxygen atoms in total. The van der Waals surface area contributed by atoms with Crippen molar-refractivity contribution in [1.29, 1.82) is 0 Å². The van der Waals surface area contributed by atoms with Crippen molar-refractivity contribution >= 4 is 11.9 Å². The minimum atomic E-state index is -0.990. The van der Waals surface area contributed by atoms with Gasteiger partial charge < -0.3 is 15.2 Å². The maximum absolute atomic E-state index is 13.2. The van der Waals surface area contributed by atoms with Crippen LogP contribution in [0.2, 0.25) is 0 Å². The van der Waals surface area contributed by atoms with Crippen LogP contribution in [0.1, 0.15) is 51.9 Å². The van der Waals surface area contributed by atoms with Gasteiger partial charge in [0, 0.05) is 0 Å². The third-order valence-corrected chi connectivity index (χ3v) is 5.53. The highest BCUT2D eigenvalue weighted by Gasteiger charge is 2.46. The van der Waals surface area contributed by atoms with E-state index >= 15 is 0 Å². The summed E-state index contributed by atoms with van der Waals surface area (Å²) in [6.07, 6.45) is 2.08. The number of carboxylic acids is 1. The minimum absolute atomic E-state index is 0.201. The van der Waals surface area contributed by atoms with Gasteiger partial charge in [0.25, 0.3) is 5.91 Å². The molecule has 1 aliphatic carbocycles. The number of aryl methyl sites for hydroxylation is 1. The molecule has 0 bridgehead atoms. The second kappa shape index (κ2) is 8.78. The molecule has 1 fully saturated rings. The molecule has 32 heavy (non-hydrogen) atoms. The zero-order valence-corrected chi connectivity index (χ0v) is 17.5. The molecule has 3 aromatic rings. The van der Waals surface area contributed by atoms with Crippen molar-refractivity contribution in [1.82, 2.24) is 20.3 Å². The summed E-state index contributed by atoms with van der Waals surface area (Å²) in [7, 11) is 0. The molecule has 1 aromatic heterocycles. The normalized spacial score (nSPS) is 14.1. The molecule has 1 heterocycles. The Balaban J connectivity index is 1.46. The molecule has 166 valence electrons. The molecule has 0 radical (unpaired) electrons. The van der Waals surface area contributed by atoms with Crippen molar-refractivity contribution in [3.05, 3.63) is 76.9 Å². The van der Waals surface area contributed by atoms with Crippen LogP contribution in [0.3, 0.4) is 0 Å². The third kappa shape index (κ3) is 4.46. The summed E-state index contributed by atoms with van der Waals surface area (Å²) < 4.78 is 20.2. The van der Waals surface area contributed by atoms with Gasteiger partial charge in [-0.05, 0) is 61.2 Å². The van der Waals surface area contributed by atoms with Gasteiger partial charge in [-0.15, -0.1) is 5.10 Å². The lowest BCUT2D eigenvalue weighted by Gasteiger charge is -2.19. The number of nitrogens with zero attached hydrogens (tertiary/aromatic N) is 3. The van der Waals surface area contributed by atoms with Gasteiger partial charge in [-0.25, -0.2) is 13.9 Å². The Morgan fingerprint density at radius 2 is 1.84 bits per heavy atom. The van der Waals surface area contributed by atoms with Crippen LogP contribution in [0.5, 0.6) is 5.75 Å². The number of nitrogens with one attached hydrogen (secondary N) is 1. The maximum Gasteiger partial charge on any atom is 0.335 e. The SMILES string of the molecule is CCc1nnn(CCOc2ccc(F)cc2)c1C(=O)NC1(c2ccc(C(=O)O)cc2)CC1. The number of rotatable bonds is 9. The summed E-state index contributed by atoms with van der Waals surface area (Å²) in [4.78, 5) is 24.3. The topological polar surface area (TPSA) is 106 Å². The highest BCUT2D eigenvalue weighted by Crippen LogP contribution is 2.45. The largest absolute Gasteiger partial charge is 0.492 e. The number of carboxylic acid groups (broad SMARTS) is 1. The van der Waals surface area contributed by atoms with Gasteiger partial charge >= 0.3 is 5.97 Å². The van der Waals surface area contributed by atoms with Crippen LogP contribution in [0.15, 0.2) is 48.5 Å². The summed E-state index contributed by atoms with van der Waals surface area (Å²) >= 11 is 0. The number of halogens is 1. The minimum Gasteiger partial charge on any atom is -0.492 e. The maximum atomic E-state index is 13.2. The average Bonchev–Trinajstić information content (AvgIpc) is 3.45. The Labute approximate surface area is 184 Å². The quantitative estimate of drug-likeness (QED) is 0.532. The standard InChI is InChI=1S/C23H23FN4O4/c1-2-19-20(28(27-26-19)13-14-32-18-9-7-17(24)8-10-18)21(29)25-23(11-12-23)16-5-3-15(4-6-16)22(30)31/h3-10H,2,11-14H2,1H3,(H,25,29)(H,30,31). The third-order valence-electron chi connectivity index (χ3n) is 5.53. The monoisotopic (exact) mass is 438 g/mol. The number of amides is 1. The number of hydrogen-bond donors (Lipinski definition) is 2. The van der Waals surface area contributed by atoms with E-state index in [-0.39, 0.29) is 23.9 Å². The molecule has 1 amide bonds. The van der Waals surface area contributed by atoms with Crippen LogP contribution in [-0.2, 0) is 18.5 Å². The Morgan fingerprint density at radius 1 is 1.16 bits per heavy atom. The van der Waals surface area contributed by atoms with E-state index in [2.05, 4.69) is 15.6 Å². The number of benzene rings is 2. The molecule has 0 atom stereocenters. The number of ether oxygens (including phenoxy) is 1. The Morgan fingerprint density at radius 3 is 2.44 bits per heavy atom. The molecule has 0 unspecified atom stereocenters. The first kappa shape index (κ1) is 21.5. The molecule has 2 aromatic carbocycles. The number of aromatic nitrogens is 3. The smallest absolute Gasteiger partial charge is 0.335 e. The zero-order chi connectivity index (χ0) is 22.7. The van der Waals surface area contributed by atoms with E-state index in [0.717, 1.165) is 18.4 Å². The van der Waals surface area contributed by atoms with E-state index in [1.165, 1.54) is 28.9 Å². The fourth-order valence-corrected chi connectivity index (χ4v) is 3.59. The van der Waals surface area contributed by atoms with Gasteiger partial charge in [-0.3, -0.25) is 4.79 Å². The van der Waals surface area contributed by atoms with Crippen molar-refractivity contribution in [3.8, 4) is 5.75 Å². The van der Waals surface area contributed by atoms with Crippen molar-refractivity contribution in [2.24, 2.45) is 0 Å². The van der Waals surface area contributed by atoms with E-state index in [0.29, 0.717) is 30.1 Å². The molecule has 4 rings (SSSR count). The van der Waals surface area contributed by atoms with Gasteiger partial charge in [-0.1, -0.05) is 24.3 Å². The van der Waals surface area contributed by atoms with Crippen molar-refractivity contribution in [2.45, 2.75) is 38.3 Å². The van der Waals surface area contributed by atoms with E-state index in [4.69, 9.17) is 9.84 Å².